The summed E-state index contributed by atoms with van der Waals surface area (Å²) in [5.74, 6) is 0.879. The van der Waals surface area contributed by atoms with Crippen LogP contribution in [-0.2, 0) is 26.4 Å². The topological polar surface area (TPSA) is 55.6 Å². The molecule has 0 saturated heterocycles. The zero-order valence-electron chi connectivity index (χ0n) is 11.8. The summed E-state index contributed by atoms with van der Waals surface area (Å²) in [6.45, 7) is 5.02. The minimum Gasteiger partial charge on any atom is -0.366 e. The van der Waals surface area contributed by atoms with Crippen LogP contribution in [0.3, 0.4) is 0 Å². The second-order valence-electron chi connectivity index (χ2n) is 4.63. The van der Waals surface area contributed by atoms with Crippen molar-refractivity contribution in [3.63, 3.8) is 0 Å². The first kappa shape index (κ1) is 13.5. The van der Waals surface area contributed by atoms with Crippen molar-refractivity contribution in [3.05, 3.63) is 35.5 Å². The molecule has 0 fully saturated rings. The average molecular weight is 259 g/mol. The van der Waals surface area contributed by atoms with Gasteiger partial charge in [-0.1, -0.05) is 20.3 Å². The van der Waals surface area contributed by atoms with E-state index in [0.717, 1.165) is 43.0 Å². The van der Waals surface area contributed by atoms with Gasteiger partial charge < -0.3 is 5.32 Å². The summed E-state index contributed by atoms with van der Waals surface area (Å²) in [6.07, 6.45) is 6.71. The number of hydrogen-bond donors (Lipinski definition) is 1. The van der Waals surface area contributed by atoms with E-state index < -0.39 is 0 Å². The van der Waals surface area contributed by atoms with E-state index >= 15 is 0 Å². The Morgan fingerprint density at radius 2 is 2.11 bits per heavy atom. The summed E-state index contributed by atoms with van der Waals surface area (Å²) in [5, 5.41) is 7.78. The fraction of sp³-hybridized carbons (Fsp3) is 0.500. The van der Waals surface area contributed by atoms with Crippen molar-refractivity contribution in [2.24, 2.45) is 7.05 Å². The number of anilines is 1. The van der Waals surface area contributed by atoms with Gasteiger partial charge in [0.1, 0.15) is 12.1 Å². The van der Waals surface area contributed by atoms with Crippen LogP contribution in [0.1, 0.15) is 37.2 Å². The summed E-state index contributed by atoms with van der Waals surface area (Å²) in [7, 11) is 1.95. The van der Waals surface area contributed by atoms with Crippen LogP contribution < -0.4 is 5.32 Å². The van der Waals surface area contributed by atoms with Gasteiger partial charge in [-0.05, 0) is 12.8 Å². The molecule has 19 heavy (non-hydrogen) atoms. The van der Waals surface area contributed by atoms with Gasteiger partial charge in [0.25, 0.3) is 0 Å². The Balaban J connectivity index is 2.03. The molecule has 0 radical (unpaired) electrons. The number of rotatable bonds is 6. The second kappa shape index (κ2) is 6.31. The molecule has 0 aliphatic heterocycles. The third kappa shape index (κ3) is 3.53. The van der Waals surface area contributed by atoms with Gasteiger partial charge in [0.2, 0.25) is 0 Å². The van der Waals surface area contributed by atoms with Crippen LogP contribution >= 0.6 is 0 Å². The van der Waals surface area contributed by atoms with Crippen molar-refractivity contribution in [1.29, 1.82) is 0 Å². The van der Waals surface area contributed by atoms with Crippen LogP contribution in [0.5, 0.6) is 0 Å². The highest BCUT2D eigenvalue weighted by molar-refractivity contribution is 5.36. The third-order valence-corrected chi connectivity index (χ3v) is 3.02. The number of aryl methyl sites for hydroxylation is 3. The van der Waals surface area contributed by atoms with E-state index in [1.807, 2.05) is 17.8 Å². The highest BCUT2D eigenvalue weighted by Crippen LogP contribution is 2.11. The molecule has 2 aromatic heterocycles. The maximum absolute atomic E-state index is 4.43. The number of nitrogens with one attached hydrogen (secondary N) is 1. The molecular weight excluding hydrogens is 238 g/mol. The van der Waals surface area contributed by atoms with Crippen LogP contribution in [0, 0.1) is 0 Å². The maximum Gasteiger partial charge on any atom is 0.129 e. The van der Waals surface area contributed by atoms with Gasteiger partial charge in [0.15, 0.2) is 0 Å². The van der Waals surface area contributed by atoms with Gasteiger partial charge in [0, 0.05) is 37.1 Å². The lowest BCUT2D eigenvalue weighted by Crippen LogP contribution is -2.04. The standard InChI is InChI=1S/C14H21N5/c1-4-6-12-7-14(17-10-16-12)15-8-11-9-19(3)18-13(11)5-2/h7,9-10H,4-6,8H2,1-3H3,(H,15,16,17). The second-order valence-corrected chi connectivity index (χ2v) is 4.63. The van der Waals surface area contributed by atoms with Crippen LogP contribution in [-0.4, -0.2) is 19.7 Å². The SMILES string of the molecule is CCCc1cc(NCc2cn(C)nc2CC)ncn1. The molecule has 0 amide bonds. The molecule has 2 aromatic rings. The first-order valence-electron chi connectivity index (χ1n) is 6.79. The molecule has 5 heteroatoms. The zero-order chi connectivity index (χ0) is 13.7. The average Bonchev–Trinajstić information content (AvgIpc) is 2.78. The molecule has 1 N–H and O–H groups in total. The lowest BCUT2D eigenvalue weighted by Gasteiger charge is -2.06. The molecule has 0 aromatic carbocycles. The lowest BCUT2D eigenvalue weighted by molar-refractivity contribution is 0.746. The Morgan fingerprint density at radius 1 is 1.26 bits per heavy atom. The minimum atomic E-state index is 0.750. The number of hydrogen-bond acceptors (Lipinski definition) is 4. The Hall–Kier alpha value is -1.91. The zero-order valence-corrected chi connectivity index (χ0v) is 11.8. The van der Waals surface area contributed by atoms with Crippen molar-refractivity contribution in [3.8, 4) is 0 Å². The van der Waals surface area contributed by atoms with E-state index in [-0.39, 0.29) is 0 Å². The monoisotopic (exact) mass is 259 g/mol. The molecule has 0 aliphatic rings. The van der Waals surface area contributed by atoms with E-state index in [1.165, 1.54) is 5.56 Å². The first-order chi connectivity index (χ1) is 9.22. The van der Waals surface area contributed by atoms with E-state index in [9.17, 15) is 0 Å². The molecule has 0 spiro atoms. The van der Waals surface area contributed by atoms with E-state index in [0.29, 0.717) is 0 Å². The van der Waals surface area contributed by atoms with Gasteiger partial charge in [-0.3, -0.25) is 4.68 Å². The van der Waals surface area contributed by atoms with Crippen molar-refractivity contribution in [1.82, 2.24) is 19.7 Å². The predicted molar refractivity (Wildman–Crippen MR) is 75.9 cm³/mol. The summed E-state index contributed by atoms with van der Waals surface area (Å²) >= 11 is 0. The van der Waals surface area contributed by atoms with Gasteiger partial charge in [-0.25, -0.2) is 9.97 Å². The van der Waals surface area contributed by atoms with Gasteiger partial charge in [-0.15, -0.1) is 0 Å². The van der Waals surface area contributed by atoms with E-state index in [4.69, 9.17) is 0 Å². The minimum absolute atomic E-state index is 0.750. The van der Waals surface area contributed by atoms with Gasteiger partial charge in [0.05, 0.1) is 5.69 Å². The van der Waals surface area contributed by atoms with Crippen molar-refractivity contribution < 1.29 is 0 Å². The number of nitrogens with zero attached hydrogens (tertiary/aromatic N) is 4. The smallest absolute Gasteiger partial charge is 0.129 e. The highest BCUT2D eigenvalue weighted by Gasteiger charge is 2.06. The molecule has 102 valence electrons. The molecule has 0 atom stereocenters. The Bertz CT molecular complexity index is 532. The Kier molecular flexibility index (Phi) is 4.49. The summed E-state index contributed by atoms with van der Waals surface area (Å²) in [4.78, 5) is 8.50. The van der Waals surface area contributed by atoms with Crippen LogP contribution in [0.15, 0.2) is 18.6 Å². The molecule has 0 aliphatic carbocycles. The highest BCUT2D eigenvalue weighted by atomic mass is 15.3. The summed E-state index contributed by atoms with van der Waals surface area (Å²) in [5.41, 5.74) is 3.44. The third-order valence-electron chi connectivity index (χ3n) is 3.02. The van der Waals surface area contributed by atoms with Crippen LogP contribution in [0.4, 0.5) is 5.82 Å². The predicted octanol–water partition coefficient (Wildman–Crippen LogP) is 2.34. The maximum atomic E-state index is 4.43. The van der Waals surface area contributed by atoms with Crippen molar-refractivity contribution >= 4 is 5.82 Å². The van der Waals surface area contributed by atoms with Crippen molar-refractivity contribution in [2.45, 2.75) is 39.7 Å². The number of aromatic nitrogens is 4. The first-order valence-corrected chi connectivity index (χ1v) is 6.79. The molecule has 0 bridgehead atoms. The fourth-order valence-electron chi connectivity index (χ4n) is 2.10. The largest absolute Gasteiger partial charge is 0.366 e. The van der Waals surface area contributed by atoms with Crippen molar-refractivity contribution in [2.75, 3.05) is 5.32 Å². The quantitative estimate of drug-likeness (QED) is 0.865. The van der Waals surface area contributed by atoms with Crippen LogP contribution in [0.2, 0.25) is 0 Å². The fourth-order valence-corrected chi connectivity index (χ4v) is 2.10. The molecule has 0 saturated carbocycles. The van der Waals surface area contributed by atoms with E-state index in [2.05, 4.69) is 40.4 Å². The van der Waals surface area contributed by atoms with Gasteiger partial charge >= 0.3 is 0 Å². The normalized spacial score (nSPS) is 10.7. The van der Waals surface area contributed by atoms with Crippen LogP contribution in [0.25, 0.3) is 0 Å². The molecule has 2 rings (SSSR count). The summed E-state index contributed by atoms with van der Waals surface area (Å²) in [6, 6.07) is 2.02. The molecule has 0 unspecified atom stereocenters. The lowest BCUT2D eigenvalue weighted by atomic mass is 10.2. The summed E-state index contributed by atoms with van der Waals surface area (Å²) < 4.78 is 1.86. The Labute approximate surface area is 114 Å². The molecule has 5 nitrogen and oxygen atoms in total. The van der Waals surface area contributed by atoms with E-state index in [1.54, 1.807) is 6.33 Å². The Morgan fingerprint density at radius 3 is 2.84 bits per heavy atom. The molecular formula is C14H21N5. The molecule has 2 heterocycles. The van der Waals surface area contributed by atoms with Gasteiger partial charge in [-0.2, -0.15) is 5.10 Å².